The maximum absolute atomic E-state index is 12.7. The third-order valence-corrected chi connectivity index (χ3v) is 4.57. The molecule has 1 aromatic carbocycles. The van der Waals surface area contributed by atoms with Gasteiger partial charge in [0.25, 0.3) is 0 Å². The Hall–Kier alpha value is -2.08. The predicted molar refractivity (Wildman–Crippen MR) is 95.3 cm³/mol. The van der Waals surface area contributed by atoms with Crippen LogP contribution in [0.4, 0.5) is 4.79 Å². The van der Waals surface area contributed by atoms with Crippen molar-refractivity contribution < 1.29 is 19.4 Å². The van der Waals surface area contributed by atoms with Crippen LogP contribution in [-0.2, 0) is 16.1 Å². The highest BCUT2D eigenvalue weighted by molar-refractivity contribution is 5.69. The van der Waals surface area contributed by atoms with Gasteiger partial charge in [-0.15, -0.1) is 0 Å². The zero-order valence-electron chi connectivity index (χ0n) is 15.0. The van der Waals surface area contributed by atoms with Crippen LogP contribution in [0.3, 0.4) is 0 Å². The van der Waals surface area contributed by atoms with Crippen molar-refractivity contribution in [2.45, 2.75) is 64.3 Å². The largest absolute Gasteiger partial charge is 0.480 e. The quantitative estimate of drug-likeness (QED) is 0.792. The Morgan fingerprint density at radius 1 is 1.24 bits per heavy atom. The number of carboxylic acids is 1. The smallest absolute Gasteiger partial charge is 0.410 e. The fraction of sp³-hybridized carbons (Fsp3) is 0.579. The minimum Gasteiger partial charge on any atom is -0.480 e. The van der Waals surface area contributed by atoms with Gasteiger partial charge in [0.05, 0.1) is 12.6 Å². The van der Waals surface area contributed by atoms with Gasteiger partial charge in [-0.3, -0.25) is 4.79 Å². The third-order valence-electron chi connectivity index (χ3n) is 4.57. The molecule has 0 heterocycles. The van der Waals surface area contributed by atoms with E-state index in [1.165, 1.54) is 0 Å². The number of rotatable bonds is 7. The molecule has 0 bridgehead atoms. The normalized spacial score (nSPS) is 20.3. The van der Waals surface area contributed by atoms with E-state index in [-0.39, 0.29) is 37.4 Å². The van der Waals surface area contributed by atoms with Crippen molar-refractivity contribution >= 4 is 12.1 Å². The van der Waals surface area contributed by atoms with Crippen LogP contribution in [0, 0.1) is 0 Å². The van der Waals surface area contributed by atoms with Crippen molar-refractivity contribution in [3.05, 3.63) is 35.9 Å². The number of ether oxygens (including phenoxy) is 1. The summed E-state index contributed by atoms with van der Waals surface area (Å²) in [6.07, 6.45) is 3.46. The molecule has 2 atom stereocenters. The number of benzene rings is 1. The first-order valence-electron chi connectivity index (χ1n) is 8.93. The first-order chi connectivity index (χ1) is 12.0. The van der Waals surface area contributed by atoms with Gasteiger partial charge in [-0.25, -0.2) is 4.79 Å². The predicted octanol–water partition coefficient (Wildman–Crippen LogP) is 3.02. The fourth-order valence-corrected chi connectivity index (χ4v) is 3.42. The summed E-state index contributed by atoms with van der Waals surface area (Å²) in [7, 11) is 0. The molecule has 0 unspecified atom stereocenters. The van der Waals surface area contributed by atoms with E-state index in [4.69, 9.17) is 9.84 Å². The number of amides is 1. The number of carbonyl (C=O) groups is 2. The van der Waals surface area contributed by atoms with Gasteiger partial charge in [0.15, 0.2) is 0 Å². The van der Waals surface area contributed by atoms with E-state index in [0.29, 0.717) is 0 Å². The van der Waals surface area contributed by atoms with Crippen LogP contribution in [0.25, 0.3) is 0 Å². The lowest BCUT2D eigenvalue weighted by atomic mass is 9.88. The van der Waals surface area contributed by atoms with E-state index in [0.717, 1.165) is 31.2 Å². The summed E-state index contributed by atoms with van der Waals surface area (Å²) in [5.74, 6) is -0.882. The number of carboxylic acid groups (broad SMARTS) is 1. The lowest BCUT2D eigenvalue weighted by molar-refractivity contribution is -0.136. The molecule has 1 aliphatic rings. The van der Waals surface area contributed by atoms with Gasteiger partial charge < -0.3 is 20.1 Å². The standard InChI is InChI=1S/C19H28N2O4/c1-14(2)21(19(24)25-13-15-8-4-3-5-9-15)17-11-7-6-10-16(17)20-12-18(22)23/h3-5,8-9,14,16-17,20H,6-7,10-13H2,1-2H3,(H,22,23)/t16-,17-/m0/s1. The van der Waals surface area contributed by atoms with Crippen LogP contribution in [0.15, 0.2) is 30.3 Å². The van der Waals surface area contributed by atoms with Crippen molar-refractivity contribution in [2.24, 2.45) is 0 Å². The topological polar surface area (TPSA) is 78.9 Å². The second-order valence-electron chi connectivity index (χ2n) is 6.77. The molecule has 1 aliphatic carbocycles. The molecule has 2 rings (SSSR count). The highest BCUT2D eigenvalue weighted by atomic mass is 16.6. The Bertz CT molecular complexity index is 562. The van der Waals surface area contributed by atoms with Gasteiger partial charge in [0.2, 0.25) is 0 Å². The maximum atomic E-state index is 12.7. The molecule has 1 amide bonds. The zero-order chi connectivity index (χ0) is 18.2. The first kappa shape index (κ1) is 19.2. The molecular formula is C19H28N2O4. The molecular weight excluding hydrogens is 320 g/mol. The highest BCUT2D eigenvalue weighted by Gasteiger charge is 2.35. The Labute approximate surface area is 149 Å². The molecule has 0 spiro atoms. The van der Waals surface area contributed by atoms with Gasteiger partial charge in [-0.05, 0) is 32.3 Å². The molecule has 0 aliphatic heterocycles. The monoisotopic (exact) mass is 348 g/mol. The second-order valence-corrected chi connectivity index (χ2v) is 6.77. The number of aliphatic carboxylic acids is 1. The van der Waals surface area contributed by atoms with Gasteiger partial charge in [0.1, 0.15) is 6.61 Å². The van der Waals surface area contributed by atoms with Crippen molar-refractivity contribution in [3.8, 4) is 0 Å². The van der Waals surface area contributed by atoms with Crippen LogP contribution in [-0.4, -0.2) is 46.7 Å². The van der Waals surface area contributed by atoms with E-state index in [2.05, 4.69) is 5.32 Å². The second kappa shape index (κ2) is 9.42. The molecule has 0 saturated heterocycles. The van der Waals surface area contributed by atoms with E-state index in [1.807, 2.05) is 44.2 Å². The highest BCUT2D eigenvalue weighted by Crippen LogP contribution is 2.26. The average Bonchev–Trinajstić information content (AvgIpc) is 2.60. The molecule has 2 N–H and O–H groups in total. The molecule has 1 saturated carbocycles. The zero-order valence-corrected chi connectivity index (χ0v) is 15.0. The number of hydrogen-bond acceptors (Lipinski definition) is 4. The van der Waals surface area contributed by atoms with E-state index in [9.17, 15) is 9.59 Å². The fourth-order valence-electron chi connectivity index (χ4n) is 3.42. The number of nitrogens with zero attached hydrogens (tertiary/aromatic N) is 1. The van der Waals surface area contributed by atoms with Crippen LogP contribution in [0.5, 0.6) is 0 Å². The summed E-state index contributed by atoms with van der Waals surface area (Å²) >= 11 is 0. The summed E-state index contributed by atoms with van der Waals surface area (Å²) in [5.41, 5.74) is 0.948. The lowest BCUT2D eigenvalue weighted by Crippen LogP contribution is -2.56. The minimum absolute atomic E-state index is 0.0134. The summed E-state index contributed by atoms with van der Waals surface area (Å²) in [6.45, 7) is 4.08. The first-order valence-corrected chi connectivity index (χ1v) is 8.93. The summed E-state index contributed by atoms with van der Waals surface area (Å²) in [5, 5.41) is 12.0. The van der Waals surface area contributed by atoms with E-state index in [1.54, 1.807) is 4.90 Å². The number of hydrogen-bond donors (Lipinski definition) is 2. The molecule has 1 fully saturated rings. The van der Waals surface area contributed by atoms with E-state index >= 15 is 0 Å². The van der Waals surface area contributed by atoms with Gasteiger partial charge in [-0.2, -0.15) is 0 Å². The minimum atomic E-state index is -0.882. The SMILES string of the molecule is CC(C)N(C(=O)OCc1ccccc1)[C@H]1CCCC[C@@H]1NCC(=O)O. The molecule has 138 valence electrons. The lowest BCUT2D eigenvalue weighted by Gasteiger charge is -2.41. The molecule has 0 radical (unpaired) electrons. The van der Waals surface area contributed by atoms with Crippen LogP contribution >= 0.6 is 0 Å². The van der Waals surface area contributed by atoms with Gasteiger partial charge in [0, 0.05) is 12.1 Å². The summed E-state index contributed by atoms with van der Waals surface area (Å²) in [4.78, 5) is 25.3. The summed E-state index contributed by atoms with van der Waals surface area (Å²) in [6, 6.07) is 9.52. The Morgan fingerprint density at radius 3 is 2.56 bits per heavy atom. The average molecular weight is 348 g/mol. The Balaban J connectivity index is 2.03. The molecule has 1 aromatic rings. The Kier molecular flexibility index (Phi) is 7.25. The van der Waals surface area contributed by atoms with Crippen molar-refractivity contribution in [1.29, 1.82) is 0 Å². The molecule has 6 nitrogen and oxygen atoms in total. The van der Waals surface area contributed by atoms with Crippen molar-refractivity contribution in [2.75, 3.05) is 6.54 Å². The van der Waals surface area contributed by atoms with Crippen LogP contribution < -0.4 is 5.32 Å². The number of nitrogens with one attached hydrogen (secondary N) is 1. The van der Waals surface area contributed by atoms with Crippen LogP contribution in [0.2, 0.25) is 0 Å². The summed E-state index contributed by atoms with van der Waals surface area (Å²) < 4.78 is 5.52. The van der Waals surface area contributed by atoms with Crippen molar-refractivity contribution in [3.63, 3.8) is 0 Å². The molecule has 25 heavy (non-hydrogen) atoms. The molecule has 6 heteroatoms. The third kappa shape index (κ3) is 5.74. The van der Waals surface area contributed by atoms with Crippen LogP contribution in [0.1, 0.15) is 45.1 Å². The number of carbonyl (C=O) groups excluding carboxylic acids is 1. The van der Waals surface area contributed by atoms with Gasteiger partial charge in [-0.1, -0.05) is 43.2 Å². The van der Waals surface area contributed by atoms with E-state index < -0.39 is 5.97 Å². The van der Waals surface area contributed by atoms with Crippen molar-refractivity contribution in [1.82, 2.24) is 10.2 Å². The maximum Gasteiger partial charge on any atom is 0.410 e. The van der Waals surface area contributed by atoms with Gasteiger partial charge >= 0.3 is 12.1 Å². The molecule has 0 aromatic heterocycles. The Morgan fingerprint density at radius 2 is 1.92 bits per heavy atom.